The molecule has 122 valence electrons. The van der Waals surface area contributed by atoms with Crippen molar-refractivity contribution in [1.29, 1.82) is 0 Å². The molecule has 1 fully saturated rings. The molecule has 0 saturated carbocycles. The van der Waals surface area contributed by atoms with E-state index in [1.54, 1.807) is 36.4 Å². The summed E-state index contributed by atoms with van der Waals surface area (Å²) in [7, 11) is -3.90. The number of phenols is 1. The van der Waals surface area contributed by atoms with Gasteiger partial charge in [-0.2, -0.15) is 8.42 Å². The van der Waals surface area contributed by atoms with E-state index in [9.17, 15) is 18.3 Å². The average Bonchev–Trinajstić information content (AvgIpc) is 2.89. The van der Waals surface area contributed by atoms with Gasteiger partial charge in [-0.3, -0.25) is 10.1 Å². The molecule has 1 aliphatic rings. The summed E-state index contributed by atoms with van der Waals surface area (Å²) in [5.41, 5.74) is 0.460. The molecule has 0 bridgehead atoms. The standard InChI is InChI=1S/C16H12N2O4S2/c19-13-9-5-4-6-11(13)10-14-15(20)17-16(23-14)18-24(21,22)12-7-2-1-3-8-12/h1-10,19H,(H,17,18,20)/b14-10+. The molecule has 0 unspecified atom stereocenters. The number of para-hydroxylation sites is 1. The lowest BCUT2D eigenvalue weighted by molar-refractivity contribution is -0.115. The Morgan fingerprint density at radius 3 is 2.42 bits per heavy atom. The molecule has 1 aliphatic heterocycles. The normalized spacial score (nSPS) is 18.1. The summed E-state index contributed by atoms with van der Waals surface area (Å²) in [6.45, 7) is 0. The first-order chi connectivity index (χ1) is 11.5. The second-order valence-electron chi connectivity index (χ2n) is 4.81. The van der Waals surface area contributed by atoms with Crippen LogP contribution in [0.5, 0.6) is 5.75 Å². The van der Waals surface area contributed by atoms with Crippen LogP contribution in [-0.2, 0) is 14.8 Å². The van der Waals surface area contributed by atoms with Gasteiger partial charge in [0.25, 0.3) is 15.9 Å². The Bertz CT molecular complexity index is 951. The second kappa shape index (κ2) is 6.50. The summed E-state index contributed by atoms with van der Waals surface area (Å²) in [5, 5.41) is 12.1. The number of amides is 1. The van der Waals surface area contributed by atoms with Crippen molar-refractivity contribution in [3.63, 3.8) is 0 Å². The van der Waals surface area contributed by atoms with Crippen molar-refractivity contribution in [2.45, 2.75) is 4.90 Å². The number of hydrogen-bond donors (Lipinski definition) is 2. The van der Waals surface area contributed by atoms with Gasteiger partial charge in [0.05, 0.1) is 9.80 Å². The highest BCUT2D eigenvalue weighted by atomic mass is 32.2. The van der Waals surface area contributed by atoms with Gasteiger partial charge in [-0.1, -0.05) is 36.4 Å². The summed E-state index contributed by atoms with van der Waals surface area (Å²) in [5.74, 6) is -0.439. The van der Waals surface area contributed by atoms with Crippen LogP contribution in [0.1, 0.15) is 5.56 Å². The third-order valence-electron chi connectivity index (χ3n) is 3.12. The molecule has 8 heteroatoms. The van der Waals surface area contributed by atoms with E-state index in [4.69, 9.17) is 0 Å². The van der Waals surface area contributed by atoms with E-state index in [0.717, 1.165) is 11.8 Å². The van der Waals surface area contributed by atoms with Crippen molar-refractivity contribution in [3.8, 4) is 5.75 Å². The molecule has 0 spiro atoms. The molecule has 1 amide bonds. The van der Waals surface area contributed by atoms with Crippen LogP contribution >= 0.6 is 11.8 Å². The van der Waals surface area contributed by atoms with Crippen LogP contribution in [-0.4, -0.2) is 24.6 Å². The van der Waals surface area contributed by atoms with Crippen molar-refractivity contribution >= 4 is 38.9 Å². The summed E-state index contributed by atoms with van der Waals surface area (Å²) in [4.78, 5) is 12.3. The number of aromatic hydroxyl groups is 1. The number of rotatable bonds is 3. The number of nitrogens with one attached hydrogen (secondary N) is 1. The molecule has 0 atom stereocenters. The monoisotopic (exact) mass is 360 g/mol. The molecule has 1 heterocycles. The highest BCUT2D eigenvalue weighted by Crippen LogP contribution is 2.29. The van der Waals surface area contributed by atoms with Crippen LogP contribution in [0.4, 0.5) is 0 Å². The zero-order valence-corrected chi connectivity index (χ0v) is 13.8. The zero-order chi connectivity index (χ0) is 17.2. The number of amidine groups is 1. The largest absolute Gasteiger partial charge is 0.507 e. The van der Waals surface area contributed by atoms with Gasteiger partial charge < -0.3 is 5.11 Å². The maximum Gasteiger partial charge on any atom is 0.284 e. The Morgan fingerprint density at radius 1 is 1.04 bits per heavy atom. The van der Waals surface area contributed by atoms with E-state index in [-0.39, 0.29) is 20.7 Å². The van der Waals surface area contributed by atoms with Crippen LogP contribution in [0.25, 0.3) is 6.08 Å². The van der Waals surface area contributed by atoms with Gasteiger partial charge in [0.1, 0.15) is 5.75 Å². The van der Waals surface area contributed by atoms with E-state index in [1.165, 1.54) is 24.3 Å². The van der Waals surface area contributed by atoms with Crippen molar-refractivity contribution in [3.05, 3.63) is 65.1 Å². The number of benzene rings is 2. The lowest BCUT2D eigenvalue weighted by Gasteiger charge is -1.99. The number of sulfonamides is 1. The van der Waals surface area contributed by atoms with E-state index in [0.29, 0.717) is 5.56 Å². The molecule has 3 rings (SSSR count). The quantitative estimate of drug-likeness (QED) is 0.819. The summed E-state index contributed by atoms with van der Waals surface area (Å²) in [6.07, 6.45) is 1.48. The predicted octanol–water partition coefficient (Wildman–Crippen LogP) is 2.34. The minimum Gasteiger partial charge on any atom is -0.507 e. The third-order valence-corrected chi connectivity index (χ3v) is 5.43. The first-order valence-electron chi connectivity index (χ1n) is 6.85. The topological polar surface area (TPSA) is 95.8 Å². The molecule has 0 aliphatic carbocycles. The Morgan fingerprint density at radius 2 is 1.71 bits per heavy atom. The second-order valence-corrected chi connectivity index (χ2v) is 7.44. The first-order valence-corrected chi connectivity index (χ1v) is 9.10. The third kappa shape index (κ3) is 3.50. The van der Waals surface area contributed by atoms with Crippen molar-refractivity contribution in [2.75, 3.05) is 0 Å². The Hall–Kier alpha value is -2.58. The van der Waals surface area contributed by atoms with Gasteiger partial charge >= 0.3 is 0 Å². The Kier molecular flexibility index (Phi) is 4.41. The Labute approximate surface area is 143 Å². The van der Waals surface area contributed by atoms with Crippen LogP contribution in [0.2, 0.25) is 0 Å². The van der Waals surface area contributed by atoms with Gasteiger partial charge in [0, 0.05) is 5.56 Å². The van der Waals surface area contributed by atoms with Gasteiger partial charge in [0.15, 0.2) is 5.17 Å². The molecule has 24 heavy (non-hydrogen) atoms. The number of thioether (sulfide) groups is 1. The van der Waals surface area contributed by atoms with Gasteiger partial charge in [-0.25, -0.2) is 0 Å². The summed E-state index contributed by atoms with van der Waals surface area (Å²) < 4.78 is 28.1. The van der Waals surface area contributed by atoms with Gasteiger partial charge in [-0.15, -0.1) is 4.40 Å². The average molecular weight is 360 g/mol. The number of carbonyl (C=O) groups is 1. The molecule has 1 saturated heterocycles. The molecule has 6 nitrogen and oxygen atoms in total. The minimum absolute atomic E-state index is 0.0227. The minimum atomic E-state index is -3.90. The number of hydrogen-bond acceptors (Lipinski definition) is 5. The van der Waals surface area contributed by atoms with Crippen molar-refractivity contribution < 1.29 is 18.3 Å². The fraction of sp³-hybridized carbons (Fsp3) is 0. The molecule has 0 radical (unpaired) electrons. The van der Waals surface area contributed by atoms with Crippen LogP contribution in [0.3, 0.4) is 0 Å². The van der Waals surface area contributed by atoms with Crippen molar-refractivity contribution in [1.82, 2.24) is 5.32 Å². The van der Waals surface area contributed by atoms with E-state index in [1.807, 2.05) is 0 Å². The summed E-state index contributed by atoms with van der Waals surface area (Å²) >= 11 is 0.904. The van der Waals surface area contributed by atoms with E-state index in [2.05, 4.69) is 9.71 Å². The number of nitrogens with zero attached hydrogens (tertiary/aromatic N) is 1. The maximum atomic E-state index is 12.2. The highest BCUT2D eigenvalue weighted by molar-refractivity contribution is 8.19. The molecular formula is C16H12N2O4S2. The maximum absolute atomic E-state index is 12.2. The molecule has 2 N–H and O–H groups in total. The lowest BCUT2D eigenvalue weighted by atomic mass is 10.2. The van der Waals surface area contributed by atoms with Crippen LogP contribution in [0, 0.1) is 0 Å². The lowest BCUT2D eigenvalue weighted by Crippen LogP contribution is -2.20. The van der Waals surface area contributed by atoms with E-state index < -0.39 is 15.9 Å². The van der Waals surface area contributed by atoms with Crippen LogP contribution < -0.4 is 5.32 Å². The molecular weight excluding hydrogens is 348 g/mol. The smallest absolute Gasteiger partial charge is 0.284 e. The summed E-state index contributed by atoms with van der Waals surface area (Å²) in [6, 6.07) is 14.3. The molecule has 2 aromatic carbocycles. The number of phenolic OH excluding ortho intramolecular Hbond substituents is 1. The van der Waals surface area contributed by atoms with Gasteiger partial charge in [0.2, 0.25) is 0 Å². The fourth-order valence-corrected chi connectivity index (χ4v) is 3.97. The van der Waals surface area contributed by atoms with E-state index >= 15 is 0 Å². The predicted molar refractivity (Wildman–Crippen MR) is 92.9 cm³/mol. The first kappa shape index (κ1) is 16.3. The SMILES string of the molecule is O=C1N/C(=N/S(=O)(=O)c2ccccc2)S/C1=C/c1ccccc1O. The zero-order valence-electron chi connectivity index (χ0n) is 12.2. The Balaban J connectivity index is 1.89. The fourth-order valence-electron chi connectivity index (χ4n) is 1.98. The van der Waals surface area contributed by atoms with Crippen LogP contribution in [0.15, 0.2) is 68.8 Å². The van der Waals surface area contributed by atoms with Gasteiger partial charge in [-0.05, 0) is 36.0 Å². The van der Waals surface area contributed by atoms with Crippen molar-refractivity contribution in [2.24, 2.45) is 4.40 Å². The molecule has 2 aromatic rings. The number of carbonyl (C=O) groups excluding carboxylic acids is 1. The highest BCUT2D eigenvalue weighted by Gasteiger charge is 2.26. The molecule has 0 aromatic heterocycles.